The van der Waals surface area contributed by atoms with Gasteiger partial charge >= 0.3 is 6.18 Å². The normalized spacial score (nSPS) is 31.5. The Morgan fingerprint density at radius 2 is 2.06 bits per heavy atom. The highest BCUT2D eigenvalue weighted by Gasteiger charge is 2.58. The van der Waals surface area contributed by atoms with Gasteiger partial charge in [-0.3, -0.25) is 0 Å². The van der Waals surface area contributed by atoms with Gasteiger partial charge in [-0.05, 0) is 6.42 Å². The van der Waals surface area contributed by atoms with Gasteiger partial charge in [0, 0.05) is 10.7 Å². The maximum absolute atomic E-state index is 12.8. The molecule has 0 N–H and O–H groups in total. The predicted octanol–water partition coefficient (Wildman–Crippen LogP) is 1.68. The molecule has 1 aliphatic rings. The van der Waals surface area contributed by atoms with Crippen molar-refractivity contribution in [2.75, 3.05) is 19.0 Å². The van der Waals surface area contributed by atoms with Crippen molar-refractivity contribution >= 4 is 19.7 Å². The number of rotatable bonds is 3. The van der Waals surface area contributed by atoms with Crippen molar-refractivity contribution in [1.29, 1.82) is 0 Å². The second-order valence-corrected chi connectivity index (χ2v) is 6.63. The minimum absolute atomic E-state index is 0.218. The molecule has 2 unspecified atom stereocenters. The third-order valence-corrected chi connectivity index (χ3v) is 3.65. The Morgan fingerprint density at radius 1 is 1.47 bits per heavy atom. The second-order valence-electron chi connectivity index (χ2n) is 3.81. The van der Waals surface area contributed by atoms with E-state index in [2.05, 4.69) is 0 Å². The molecule has 0 spiro atoms. The molecule has 4 nitrogen and oxygen atoms in total. The first kappa shape index (κ1) is 15.0. The Balaban J connectivity index is 2.84. The Kier molecular flexibility index (Phi) is 4.33. The number of hydrogen-bond donors (Lipinski definition) is 0. The SMILES string of the molecule is CCC1(C(F)(F)F)COCC(CS(=O)(=O)Cl)O1. The van der Waals surface area contributed by atoms with Crippen LogP contribution in [0, 0.1) is 0 Å². The molecule has 1 rings (SSSR count). The smallest absolute Gasteiger partial charge is 0.375 e. The molecule has 0 radical (unpaired) electrons. The van der Waals surface area contributed by atoms with Gasteiger partial charge in [-0.25, -0.2) is 8.42 Å². The molecule has 0 aromatic carbocycles. The highest BCUT2D eigenvalue weighted by Crippen LogP contribution is 2.39. The summed E-state index contributed by atoms with van der Waals surface area (Å²) < 4.78 is 69.7. The molecule has 102 valence electrons. The zero-order valence-corrected chi connectivity index (χ0v) is 10.5. The highest BCUT2D eigenvalue weighted by atomic mass is 35.7. The van der Waals surface area contributed by atoms with Crippen LogP contribution in [0.4, 0.5) is 13.2 Å². The molecule has 1 heterocycles. The van der Waals surface area contributed by atoms with Crippen molar-refractivity contribution in [3.63, 3.8) is 0 Å². The summed E-state index contributed by atoms with van der Waals surface area (Å²) in [7, 11) is 1.04. The van der Waals surface area contributed by atoms with Gasteiger partial charge in [0.2, 0.25) is 9.05 Å². The summed E-state index contributed by atoms with van der Waals surface area (Å²) in [6.07, 6.45) is -6.17. The van der Waals surface area contributed by atoms with E-state index in [0.29, 0.717) is 0 Å². The number of halogens is 4. The summed E-state index contributed by atoms with van der Waals surface area (Å²) >= 11 is 0. The minimum Gasteiger partial charge on any atom is -0.375 e. The molecule has 1 saturated heterocycles. The van der Waals surface area contributed by atoms with Crippen molar-refractivity contribution in [2.45, 2.75) is 31.2 Å². The Morgan fingerprint density at radius 3 is 2.47 bits per heavy atom. The maximum Gasteiger partial charge on any atom is 0.419 e. The minimum atomic E-state index is -4.61. The predicted molar refractivity (Wildman–Crippen MR) is 54.4 cm³/mol. The van der Waals surface area contributed by atoms with Crippen LogP contribution in [0.1, 0.15) is 13.3 Å². The van der Waals surface area contributed by atoms with E-state index in [1.165, 1.54) is 6.92 Å². The first-order valence-electron chi connectivity index (χ1n) is 4.84. The first-order valence-corrected chi connectivity index (χ1v) is 7.32. The fraction of sp³-hybridized carbons (Fsp3) is 1.00. The summed E-state index contributed by atoms with van der Waals surface area (Å²) in [5, 5.41) is 0. The molecule has 0 bridgehead atoms. The van der Waals surface area contributed by atoms with E-state index in [-0.39, 0.29) is 13.0 Å². The zero-order valence-electron chi connectivity index (χ0n) is 8.96. The molecule has 9 heteroatoms. The van der Waals surface area contributed by atoms with Crippen molar-refractivity contribution in [2.24, 2.45) is 0 Å². The molecule has 2 atom stereocenters. The third-order valence-electron chi connectivity index (χ3n) is 2.50. The first-order chi connectivity index (χ1) is 7.60. The summed E-state index contributed by atoms with van der Waals surface area (Å²) in [4.78, 5) is 0. The summed E-state index contributed by atoms with van der Waals surface area (Å²) in [6, 6.07) is 0. The molecule has 0 aromatic rings. The number of ether oxygens (including phenoxy) is 2. The molecular formula is C8H12ClF3O4S. The largest absolute Gasteiger partial charge is 0.419 e. The van der Waals surface area contributed by atoms with Gasteiger partial charge in [-0.2, -0.15) is 13.2 Å². The van der Waals surface area contributed by atoms with Crippen LogP contribution in [0.25, 0.3) is 0 Å². The molecule has 0 aliphatic carbocycles. The molecule has 1 aliphatic heterocycles. The Hall–Kier alpha value is -0.0500. The summed E-state index contributed by atoms with van der Waals surface area (Å²) in [5.41, 5.74) is -2.45. The van der Waals surface area contributed by atoms with Crippen LogP contribution in [0.3, 0.4) is 0 Å². The lowest BCUT2D eigenvalue weighted by Gasteiger charge is -2.41. The van der Waals surface area contributed by atoms with Crippen LogP contribution in [0.15, 0.2) is 0 Å². The molecular weight excluding hydrogens is 285 g/mol. The Bertz CT molecular complexity index is 369. The van der Waals surface area contributed by atoms with Gasteiger partial charge in [0.15, 0.2) is 5.60 Å². The lowest BCUT2D eigenvalue weighted by Crippen LogP contribution is -2.57. The standard InChI is InChI=1S/C8H12ClF3O4S/c1-2-7(8(10,11)12)5-15-3-6(16-7)4-17(9,13)14/h6H,2-5H2,1H3. The van der Waals surface area contributed by atoms with E-state index >= 15 is 0 Å². The highest BCUT2D eigenvalue weighted by molar-refractivity contribution is 8.13. The van der Waals surface area contributed by atoms with Gasteiger partial charge < -0.3 is 9.47 Å². The monoisotopic (exact) mass is 296 g/mol. The Labute approximate surface area is 101 Å². The molecule has 1 fully saturated rings. The third kappa shape index (κ3) is 3.70. The van der Waals surface area contributed by atoms with E-state index in [9.17, 15) is 21.6 Å². The van der Waals surface area contributed by atoms with E-state index in [1.54, 1.807) is 0 Å². The van der Waals surface area contributed by atoms with Crippen molar-refractivity contribution in [3.8, 4) is 0 Å². The van der Waals surface area contributed by atoms with Gasteiger partial charge in [-0.15, -0.1) is 0 Å². The molecule has 0 aromatic heterocycles. The fourth-order valence-corrected chi connectivity index (χ4v) is 2.61. The molecule has 0 amide bonds. The van der Waals surface area contributed by atoms with Crippen LogP contribution in [0.5, 0.6) is 0 Å². The maximum atomic E-state index is 12.8. The average Bonchev–Trinajstić information content (AvgIpc) is 2.13. The van der Waals surface area contributed by atoms with Crippen LogP contribution in [0.2, 0.25) is 0 Å². The lowest BCUT2D eigenvalue weighted by molar-refractivity contribution is -0.328. The molecule has 17 heavy (non-hydrogen) atoms. The molecule has 0 saturated carbocycles. The summed E-state index contributed by atoms with van der Waals surface area (Å²) in [6.45, 7) is 0.448. The number of alkyl halides is 3. The van der Waals surface area contributed by atoms with E-state index in [4.69, 9.17) is 20.2 Å². The van der Waals surface area contributed by atoms with Crippen molar-refractivity contribution in [3.05, 3.63) is 0 Å². The summed E-state index contributed by atoms with van der Waals surface area (Å²) in [5.74, 6) is -0.702. The number of hydrogen-bond acceptors (Lipinski definition) is 4. The van der Waals surface area contributed by atoms with Crippen molar-refractivity contribution in [1.82, 2.24) is 0 Å². The van der Waals surface area contributed by atoms with Crippen molar-refractivity contribution < 1.29 is 31.1 Å². The van der Waals surface area contributed by atoms with Crippen LogP contribution in [-0.2, 0) is 18.5 Å². The van der Waals surface area contributed by atoms with Gasteiger partial charge in [0.05, 0.1) is 25.1 Å². The lowest BCUT2D eigenvalue weighted by atomic mass is 9.99. The van der Waals surface area contributed by atoms with E-state index in [0.717, 1.165) is 0 Å². The second kappa shape index (κ2) is 4.91. The topological polar surface area (TPSA) is 52.6 Å². The fourth-order valence-electron chi connectivity index (χ4n) is 1.58. The van der Waals surface area contributed by atoms with Gasteiger partial charge in [0.25, 0.3) is 0 Å². The van der Waals surface area contributed by atoms with Gasteiger partial charge in [0.1, 0.15) is 0 Å². The van der Waals surface area contributed by atoms with Crippen LogP contribution < -0.4 is 0 Å². The zero-order chi connectivity index (χ0) is 13.3. The van der Waals surface area contributed by atoms with E-state index < -0.39 is 39.3 Å². The van der Waals surface area contributed by atoms with E-state index in [1.807, 2.05) is 0 Å². The average molecular weight is 297 g/mol. The quantitative estimate of drug-likeness (QED) is 0.744. The van der Waals surface area contributed by atoms with Crippen LogP contribution >= 0.6 is 10.7 Å². The van der Waals surface area contributed by atoms with Crippen LogP contribution in [-0.4, -0.2) is 45.3 Å². The van der Waals surface area contributed by atoms with Gasteiger partial charge in [-0.1, -0.05) is 6.92 Å².